The normalized spacial score (nSPS) is 13.2. The number of para-hydroxylation sites is 1. The lowest BCUT2D eigenvalue weighted by atomic mass is 10.1. The molecule has 0 radical (unpaired) electrons. The van der Waals surface area contributed by atoms with Gasteiger partial charge in [0, 0.05) is 31.0 Å². The molecule has 2 atom stereocenters. The molecule has 4 heteroatoms. The molecule has 2 aromatic rings. The zero-order valence-corrected chi connectivity index (χ0v) is 15.0. The number of hydrogen-bond donors (Lipinski definition) is 2. The average Bonchev–Trinajstić information content (AvgIpc) is 2.60. The van der Waals surface area contributed by atoms with Gasteiger partial charge in [-0.05, 0) is 38.1 Å². The standard InChI is InChI=1S/C20H27N3O/c1-5-23(15-17-11-13-19(14-12-17)22(3)4)16(2)20(24)21-18-9-7-6-8-10-18/h6-14,16H,5,15H2,1-4H3,(H,21,24)/p+1/t16-/m1/s1. The molecule has 128 valence electrons. The smallest absolute Gasteiger partial charge is 0.282 e. The van der Waals surface area contributed by atoms with Gasteiger partial charge in [0.25, 0.3) is 5.91 Å². The topological polar surface area (TPSA) is 36.8 Å². The van der Waals surface area contributed by atoms with E-state index in [0.29, 0.717) is 0 Å². The van der Waals surface area contributed by atoms with Crippen LogP contribution in [0.3, 0.4) is 0 Å². The molecule has 4 nitrogen and oxygen atoms in total. The van der Waals surface area contributed by atoms with Gasteiger partial charge in [-0.3, -0.25) is 4.79 Å². The maximum Gasteiger partial charge on any atom is 0.282 e. The molecule has 0 saturated carbocycles. The highest BCUT2D eigenvalue weighted by Gasteiger charge is 2.24. The van der Waals surface area contributed by atoms with Crippen molar-refractivity contribution in [2.45, 2.75) is 26.4 Å². The van der Waals surface area contributed by atoms with Crippen LogP contribution in [0.4, 0.5) is 11.4 Å². The van der Waals surface area contributed by atoms with E-state index in [1.54, 1.807) is 0 Å². The Morgan fingerprint density at radius 3 is 2.25 bits per heavy atom. The maximum absolute atomic E-state index is 12.5. The number of nitrogens with zero attached hydrogens (tertiary/aromatic N) is 1. The number of anilines is 2. The minimum Gasteiger partial charge on any atom is -0.378 e. The van der Waals surface area contributed by atoms with Crippen LogP contribution in [-0.2, 0) is 11.3 Å². The Kier molecular flexibility index (Phi) is 6.38. The molecular formula is C20H28N3O+. The van der Waals surface area contributed by atoms with Crippen molar-refractivity contribution in [3.8, 4) is 0 Å². The predicted molar refractivity (Wildman–Crippen MR) is 101 cm³/mol. The van der Waals surface area contributed by atoms with Gasteiger partial charge in [-0.15, -0.1) is 0 Å². The first-order valence-electron chi connectivity index (χ1n) is 8.48. The molecule has 1 amide bonds. The van der Waals surface area contributed by atoms with Crippen LogP contribution in [0.5, 0.6) is 0 Å². The number of quaternary nitrogens is 1. The van der Waals surface area contributed by atoms with Gasteiger partial charge < -0.3 is 15.1 Å². The van der Waals surface area contributed by atoms with Gasteiger partial charge in [0.05, 0.1) is 6.54 Å². The lowest BCUT2D eigenvalue weighted by Gasteiger charge is -2.24. The molecule has 1 unspecified atom stereocenters. The van der Waals surface area contributed by atoms with Crippen LogP contribution in [-0.4, -0.2) is 32.6 Å². The second-order valence-electron chi connectivity index (χ2n) is 6.33. The zero-order valence-electron chi connectivity index (χ0n) is 15.0. The lowest BCUT2D eigenvalue weighted by Crippen LogP contribution is -3.15. The molecule has 0 heterocycles. The molecule has 2 rings (SSSR count). The Balaban J connectivity index is 2.00. The maximum atomic E-state index is 12.5. The summed E-state index contributed by atoms with van der Waals surface area (Å²) in [5, 5.41) is 3.00. The fourth-order valence-electron chi connectivity index (χ4n) is 2.72. The van der Waals surface area contributed by atoms with Crippen LogP contribution in [0, 0.1) is 0 Å². The Hall–Kier alpha value is -2.33. The van der Waals surface area contributed by atoms with Crippen LogP contribution in [0.2, 0.25) is 0 Å². The monoisotopic (exact) mass is 326 g/mol. The van der Waals surface area contributed by atoms with E-state index in [0.717, 1.165) is 18.8 Å². The van der Waals surface area contributed by atoms with E-state index in [1.807, 2.05) is 51.4 Å². The predicted octanol–water partition coefficient (Wildman–Crippen LogP) is 2.18. The second-order valence-corrected chi connectivity index (χ2v) is 6.33. The molecule has 0 spiro atoms. The summed E-state index contributed by atoms with van der Waals surface area (Å²) in [6.07, 6.45) is 0. The van der Waals surface area contributed by atoms with Crippen LogP contribution < -0.4 is 15.1 Å². The fraction of sp³-hybridized carbons (Fsp3) is 0.350. The Morgan fingerprint density at radius 2 is 1.71 bits per heavy atom. The van der Waals surface area contributed by atoms with Crippen molar-refractivity contribution in [2.24, 2.45) is 0 Å². The highest BCUT2D eigenvalue weighted by atomic mass is 16.2. The quantitative estimate of drug-likeness (QED) is 0.818. The summed E-state index contributed by atoms with van der Waals surface area (Å²) < 4.78 is 0. The van der Waals surface area contributed by atoms with Crippen molar-refractivity contribution >= 4 is 17.3 Å². The average molecular weight is 326 g/mol. The van der Waals surface area contributed by atoms with E-state index >= 15 is 0 Å². The highest BCUT2D eigenvalue weighted by Crippen LogP contribution is 2.11. The van der Waals surface area contributed by atoms with Crippen molar-refractivity contribution in [3.05, 3.63) is 60.2 Å². The summed E-state index contributed by atoms with van der Waals surface area (Å²) in [4.78, 5) is 15.8. The number of amides is 1. The zero-order chi connectivity index (χ0) is 17.5. The van der Waals surface area contributed by atoms with Gasteiger partial charge in [-0.2, -0.15) is 0 Å². The van der Waals surface area contributed by atoms with Crippen LogP contribution in [0.15, 0.2) is 54.6 Å². The summed E-state index contributed by atoms with van der Waals surface area (Å²) in [5.41, 5.74) is 3.28. The molecule has 2 aromatic carbocycles. The van der Waals surface area contributed by atoms with Crippen LogP contribution in [0.25, 0.3) is 0 Å². The minimum atomic E-state index is -0.108. The number of hydrogen-bond acceptors (Lipinski definition) is 2. The molecule has 24 heavy (non-hydrogen) atoms. The minimum absolute atomic E-state index is 0.0583. The number of benzene rings is 2. The summed E-state index contributed by atoms with van der Waals surface area (Å²) in [7, 11) is 4.07. The van der Waals surface area contributed by atoms with Crippen molar-refractivity contribution in [2.75, 3.05) is 30.9 Å². The van der Waals surface area contributed by atoms with E-state index in [1.165, 1.54) is 16.2 Å². The number of nitrogens with one attached hydrogen (secondary N) is 2. The van der Waals surface area contributed by atoms with E-state index in [2.05, 4.69) is 41.4 Å². The van der Waals surface area contributed by atoms with Crippen molar-refractivity contribution in [3.63, 3.8) is 0 Å². The van der Waals surface area contributed by atoms with E-state index in [9.17, 15) is 4.79 Å². The Morgan fingerprint density at radius 1 is 1.08 bits per heavy atom. The Labute approximate surface area is 145 Å². The molecular weight excluding hydrogens is 298 g/mol. The number of carbonyl (C=O) groups excluding carboxylic acids is 1. The summed E-state index contributed by atoms with van der Waals surface area (Å²) in [6.45, 7) is 5.85. The molecule has 0 aliphatic heterocycles. The van der Waals surface area contributed by atoms with Gasteiger partial charge in [-0.25, -0.2) is 0 Å². The first-order valence-corrected chi connectivity index (χ1v) is 8.48. The van der Waals surface area contributed by atoms with Crippen LogP contribution in [0.1, 0.15) is 19.4 Å². The van der Waals surface area contributed by atoms with Gasteiger partial charge in [-0.1, -0.05) is 30.3 Å². The van der Waals surface area contributed by atoms with Crippen LogP contribution >= 0.6 is 0 Å². The number of likely N-dealkylation sites (N-methyl/N-ethyl adjacent to an activating group) is 1. The highest BCUT2D eigenvalue weighted by molar-refractivity contribution is 5.93. The molecule has 2 N–H and O–H groups in total. The van der Waals surface area contributed by atoms with E-state index < -0.39 is 0 Å². The van der Waals surface area contributed by atoms with Gasteiger partial charge in [0.2, 0.25) is 0 Å². The molecule has 0 aliphatic carbocycles. The first-order chi connectivity index (χ1) is 11.5. The molecule has 0 aliphatic rings. The van der Waals surface area contributed by atoms with Crippen molar-refractivity contribution < 1.29 is 9.69 Å². The SMILES string of the molecule is CC[NH+](Cc1ccc(N(C)C)cc1)[C@H](C)C(=O)Nc1ccccc1. The van der Waals surface area contributed by atoms with Crippen molar-refractivity contribution in [1.82, 2.24) is 0 Å². The fourth-order valence-corrected chi connectivity index (χ4v) is 2.72. The lowest BCUT2D eigenvalue weighted by molar-refractivity contribution is -0.925. The summed E-state index contributed by atoms with van der Waals surface area (Å²) >= 11 is 0. The summed E-state index contributed by atoms with van der Waals surface area (Å²) in [6, 6.07) is 18.1. The largest absolute Gasteiger partial charge is 0.378 e. The molecule has 0 aromatic heterocycles. The first kappa shape index (κ1) is 18.0. The third-order valence-corrected chi connectivity index (χ3v) is 4.39. The third kappa shape index (κ3) is 4.83. The van der Waals surface area contributed by atoms with E-state index in [4.69, 9.17) is 0 Å². The molecule has 0 bridgehead atoms. The molecule has 0 fully saturated rings. The number of carbonyl (C=O) groups is 1. The van der Waals surface area contributed by atoms with Crippen molar-refractivity contribution in [1.29, 1.82) is 0 Å². The van der Waals surface area contributed by atoms with E-state index in [-0.39, 0.29) is 11.9 Å². The summed E-state index contributed by atoms with van der Waals surface area (Å²) in [5.74, 6) is 0.0583. The molecule has 0 saturated heterocycles. The number of rotatable bonds is 7. The van der Waals surface area contributed by atoms with Gasteiger partial charge >= 0.3 is 0 Å². The van der Waals surface area contributed by atoms with Gasteiger partial charge in [0.15, 0.2) is 6.04 Å². The van der Waals surface area contributed by atoms with Gasteiger partial charge in [0.1, 0.15) is 6.54 Å². The third-order valence-electron chi connectivity index (χ3n) is 4.39. The second kappa shape index (κ2) is 8.50. The Bertz CT molecular complexity index is 638.